The van der Waals surface area contributed by atoms with Crippen LogP contribution in [0.15, 0.2) is 77.4 Å². The zero-order valence-corrected chi connectivity index (χ0v) is 16.6. The van der Waals surface area contributed by atoms with E-state index in [4.69, 9.17) is 4.42 Å². The fourth-order valence-electron chi connectivity index (χ4n) is 2.93. The van der Waals surface area contributed by atoms with Gasteiger partial charge in [-0.15, -0.1) is 0 Å². The largest absolute Gasteiger partial charge is 0.459 e. The first kappa shape index (κ1) is 20.9. The van der Waals surface area contributed by atoms with Crippen LogP contribution in [0.5, 0.6) is 0 Å². The van der Waals surface area contributed by atoms with Crippen molar-refractivity contribution in [2.24, 2.45) is 0 Å². The van der Waals surface area contributed by atoms with Crippen molar-refractivity contribution in [3.8, 4) is 0 Å². The molecule has 0 radical (unpaired) electrons. The van der Waals surface area contributed by atoms with E-state index in [2.05, 4.69) is 16.0 Å². The third kappa shape index (κ3) is 5.57. The molecule has 0 bridgehead atoms. The van der Waals surface area contributed by atoms with Crippen LogP contribution >= 0.6 is 0 Å². The van der Waals surface area contributed by atoms with E-state index in [1.54, 1.807) is 30.3 Å². The molecule has 7 nitrogen and oxygen atoms in total. The second kappa shape index (κ2) is 10.1. The molecule has 1 atom stereocenters. The Morgan fingerprint density at radius 1 is 0.933 bits per heavy atom. The number of furan rings is 1. The number of anilines is 1. The van der Waals surface area contributed by atoms with E-state index in [1.807, 2.05) is 37.3 Å². The van der Waals surface area contributed by atoms with Gasteiger partial charge in [0.2, 0.25) is 5.91 Å². The van der Waals surface area contributed by atoms with Crippen molar-refractivity contribution < 1.29 is 18.8 Å². The third-order valence-electron chi connectivity index (χ3n) is 4.38. The van der Waals surface area contributed by atoms with Gasteiger partial charge < -0.3 is 20.4 Å². The second-order valence-electron chi connectivity index (χ2n) is 6.62. The van der Waals surface area contributed by atoms with E-state index in [0.717, 1.165) is 5.56 Å². The summed E-state index contributed by atoms with van der Waals surface area (Å²) >= 11 is 0. The molecule has 1 unspecified atom stereocenters. The highest BCUT2D eigenvalue weighted by molar-refractivity contribution is 6.01. The van der Waals surface area contributed by atoms with Crippen molar-refractivity contribution in [1.29, 1.82) is 0 Å². The summed E-state index contributed by atoms with van der Waals surface area (Å²) in [6.07, 6.45) is 1.70. The van der Waals surface area contributed by atoms with Crippen LogP contribution in [0.25, 0.3) is 0 Å². The molecule has 154 valence electrons. The predicted molar refractivity (Wildman–Crippen MR) is 113 cm³/mol. The van der Waals surface area contributed by atoms with Crippen LogP contribution in [0, 0.1) is 0 Å². The number of amides is 3. The Morgan fingerprint density at radius 2 is 1.73 bits per heavy atom. The summed E-state index contributed by atoms with van der Waals surface area (Å²) in [5, 5.41) is 8.23. The molecule has 0 aliphatic rings. The minimum absolute atomic E-state index is 0.124. The smallest absolute Gasteiger partial charge is 0.287 e. The Labute approximate surface area is 174 Å². The topological polar surface area (TPSA) is 100 Å². The highest BCUT2D eigenvalue weighted by atomic mass is 16.3. The maximum atomic E-state index is 13.0. The number of carbonyl (C=O) groups is 3. The number of hydrogen-bond donors (Lipinski definition) is 3. The molecule has 3 rings (SSSR count). The lowest BCUT2D eigenvalue weighted by Crippen LogP contribution is -2.45. The highest BCUT2D eigenvalue weighted by Gasteiger charge is 2.23. The Hall–Kier alpha value is -3.87. The van der Waals surface area contributed by atoms with E-state index in [-0.39, 0.29) is 11.7 Å². The van der Waals surface area contributed by atoms with Gasteiger partial charge in [0, 0.05) is 24.2 Å². The summed E-state index contributed by atoms with van der Waals surface area (Å²) in [7, 11) is 0. The Kier molecular flexibility index (Phi) is 7.00. The van der Waals surface area contributed by atoms with Gasteiger partial charge in [-0.1, -0.05) is 36.4 Å². The summed E-state index contributed by atoms with van der Waals surface area (Å²) in [6.45, 7) is 2.34. The van der Waals surface area contributed by atoms with Crippen molar-refractivity contribution in [3.05, 3.63) is 89.9 Å². The van der Waals surface area contributed by atoms with Crippen LogP contribution in [0.3, 0.4) is 0 Å². The molecule has 30 heavy (non-hydrogen) atoms. The maximum absolute atomic E-state index is 13.0. The van der Waals surface area contributed by atoms with Crippen molar-refractivity contribution in [1.82, 2.24) is 10.6 Å². The van der Waals surface area contributed by atoms with Gasteiger partial charge in [-0.25, -0.2) is 0 Å². The van der Waals surface area contributed by atoms with Gasteiger partial charge in [-0.05, 0) is 42.8 Å². The Bertz CT molecular complexity index is 1000. The Balaban J connectivity index is 1.76. The standard InChI is InChI=1S/C23H23N3O4/c1-2-24-21(27)17-10-6-11-18(15-17)25-22(28)19(14-16-8-4-3-5-9-16)26-23(29)20-12-7-13-30-20/h3-13,15,19H,2,14H2,1H3,(H,24,27)(H,25,28)(H,26,29). The molecule has 0 saturated carbocycles. The lowest BCUT2D eigenvalue weighted by Gasteiger charge is -2.18. The molecule has 3 aromatic rings. The Morgan fingerprint density at radius 3 is 2.43 bits per heavy atom. The summed E-state index contributed by atoms with van der Waals surface area (Å²) in [5.41, 5.74) is 1.80. The van der Waals surface area contributed by atoms with Crippen LogP contribution in [-0.4, -0.2) is 30.3 Å². The lowest BCUT2D eigenvalue weighted by molar-refractivity contribution is -0.118. The number of hydrogen-bond acceptors (Lipinski definition) is 4. The summed E-state index contributed by atoms with van der Waals surface area (Å²) < 4.78 is 5.12. The van der Waals surface area contributed by atoms with E-state index < -0.39 is 17.9 Å². The zero-order chi connectivity index (χ0) is 21.3. The van der Waals surface area contributed by atoms with Crippen molar-refractivity contribution in [2.75, 3.05) is 11.9 Å². The first-order valence-corrected chi connectivity index (χ1v) is 9.64. The predicted octanol–water partition coefficient (Wildman–Crippen LogP) is 3.01. The minimum atomic E-state index is -0.835. The van der Waals surface area contributed by atoms with E-state index in [0.29, 0.717) is 24.2 Å². The monoisotopic (exact) mass is 405 g/mol. The maximum Gasteiger partial charge on any atom is 0.287 e. The average molecular weight is 405 g/mol. The molecule has 0 aliphatic heterocycles. The fraction of sp³-hybridized carbons (Fsp3) is 0.174. The average Bonchev–Trinajstić information content (AvgIpc) is 3.29. The minimum Gasteiger partial charge on any atom is -0.459 e. The van der Waals surface area contributed by atoms with Gasteiger partial charge >= 0.3 is 0 Å². The number of carbonyl (C=O) groups excluding carboxylic acids is 3. The molecule has 3 amide bonds. The quantitative estimate of drug-likeness (QED) is 0.536. The van der Waals surface area contributed by atoms with Gasteiger partial charge in [0.25, 0.3) is 11.8 Å². The van der Waals surface area contributed by atoms with Crippen LogP contribution in [0.2, 0.25) is 0 Å². The highest BCUT2D eigenvalue weighted by Crippen LogP contribution is 2.13. The zero-order valence-electron chi connectivity index (χ0n) is 16.6. The van der Waals surface area contributed by atoms with E-state index >= 15 is 0 Å². The molecule has 1 aromatic heterocycles. The molecule has 0 spiro atoms. The molecule has 7 heteroatoms. The molecular formula is C23H23N3O4. The normalized spacial score (nSPS) is 11.4. The van der Waals surface area contributed by atoms with Crippen LogP contribution < -0.4 is 16.0 Å². The van der Waals surface area contributed by atoms with Crippen molar-refractivity contribution in [2.45, 2.75) is 19.4 Å². The third-order valence-corrected chi connectivity index (χ3v) is 4.38. The molecule has 3 N–H and O–H groups in total. The van der Waals surface area contributed by atoms with Gasteiger partial charge in [-0.3, -0.25) is 14.4 Å². The number of benzene rings is 2. The first-order chi connectivity index (χ1) is 14.6. The second-order valence-corrected chi connectivity index (χ2v) is 6.62. The van der Waals surface area contributed by atoms with Crippen molar-refractivity contribution in [3.63, 3.8) is 0 Å². The number of rotatable bonds is 8. The van der Waals surface area contributed by atoms with Crippen molar-refractivity contribution >= 4 is 23.4 Å². The van der Waals surface area contributed by atoms with Crippen LogP contribution in [-0.2, 0) is 11.2 Å². The van der Waals surface area contributed by atoms with Gasteiger partial charge in [-0.2, -0.15) is 0 Å². The molecule has 1 heterocycles. The van der Waals surface area contributed by atoms with E-state index in [1.165, 1.54) is 12.3 Å². The SMILES string of the molecule is CCNC(=O)c1cccc(NC(=O)C(Cc2ccccc2)NC(=O)c2ccco2)c1. The fourth-order valence-corrected chi connectivity index (χ4v) is 2.93. The molecular weight excluding hydrogens is 382 g/mol. The van der Waals surface area contributed by atoms with Crippen LogP contribution in [0.4, 0.5) is 5.69 Å². The number of nitrogens with one attached hydrogen (secondary N) is 3. The van der Waals surface area contributed by atoms with Gasteiger partial charge in [0.1, 0.15) is 6.04 Å². The van der Waals surface area contributed by atoms with Crippen LogP contribution in [0.1, 0.15) is 33.4 Å². The summed E-state index contributed by atoms with van der Waals surface area (Å²) in [5.74, 6) is -0.974. The molecule has 0 fully saturated rings. The van der Waals surface area contributed by atoms with Gasteiger partial charge in [0.15, 0.2) is 5.76 Å². The molecule has 2 aromatic carbocycles. The summed E-state index contributed by atoms with van der Waals surface area (Å²) in [4.78, 5) is 37.5. The lowest BCUT2D eigenvalue weighted by atomic mass is 10.0. The summed E-state index contributed by atoms with van der Waals surface area (Å²) in [6, 6.07) is 18.3. The van der Waals surface area contributed by atoms with E-state index in [9.17, 15) is 14.4 Å². The van der Waals surface area contributed by atoms with Gasteiger partial charge in [0.05, 0.1) is 6.26 Å². The molecule has 0 saturated heterocycles. The molecule has 0 aliphatic carbocycles. The first-order valence-electron chi connectivity index (χ1n) is 9.64.